The Morgan fingerprint density at radius 1 is 1.57 bits per heavy atom. The largest absolute Gasteiger partial charge is 0.394 e. The third-order valence-corrected chi connectivity index (χ3v) is 0.322. The number of hydrogen-bond donors (Lipinski definition) is 0. The lowest BCUT2D eigenvalue weighted by atomic mass is 10.4. The summed E-state index contributed by atoms with van der Waals surface area (Å²) in [5, 5.41) is 7.45. The lowest BCUT2D eigenvalue weighted by Crippen LogP contribution is -2.06. The van der Waals surface area contributed by atoms with Crippen molar-refractivity contribution < 1.29 is 8.78 Å². The number of halogens is 2. The molecule has 0 aromatic rings. The topological polar surface area (TPSA) is 23.8 Å². The van der Waals surface area contributed by atoms with Gasteiger partial charge in [0.05, 0.1) is 0 Å². The molecule has 0 aliphatic heterocycles. The molecule has 0 amide bonds. The van der Waals surface area contributed by atoms with Crippen molar-refractivity contribution in [3.8, 4) is 18.4 Å². The van der Waals surface area contributed by atoms with E-state index < -0.39 is 5.92 Å². The molecule has 0 bridgehead atoms. The summed E-state index contributed by atoms with van der Waals surface area (Å²) in [6, 6.07) is 0.622. The van der Waals surface area contributed by atoms with Crippen molar-refractivity contribution in [3.63, 3.8) is 0 Å². The molecule has 0 aromatic carbocycles. The van der Waals surface area contributed by atoms with Gasteiger partial charge in [0.1, 0.15) is 0 Å². The predicted molar refractivity (Wildman–Crippen MR) is 19.4 cm³/mol. The lowest BCUT2D eigenvalue weighted by Gasteiger charge is -1.90. The quantitative estimate of drug-likeness (QED) is 0.413. The van der Waals surface area contributed by atoms with Gasteiger partial charge in [-0.1, -0.05) is 0 Å². The second-order valence-corrected chi connectivity index (χ2v) is 0.831. The SMILES string of the molecule is C#CC(F)(F)C#N. The molecule has 3 heteroatoms. The molecular weight excluding hydrogens is 100 g/mol. The molecule has 0 aromatic heterocycles. The van der Waals surface area contributed by atoms with E-state index in [1.165, 1.54) is 0 Å². The minimum absolute atomic E-state index is 0.622. The fourth-order valence-corrected chi connectivity index (χ4v) is 0.0323. The monoisotopic (exact) mass is 101 g/mol. The van der Waals surface area contributed by atoms with Crippen LogP contribution in [0.25, 0.3) is 0 Å². The minimum Gasteiger partial charge on any atom is -0.191 e. The van der Waals surface area contributed by atoms with Crippen LogP contribution in [0.2, 0.25) is 0 Å². The summed E-state index contributed by atoms with van der Waals surface area (Å²) < 4.78 is 22.6. The fraction of sp³-hybridized carbons (Fsp3) is 0.250. The molecular formula is C4HF2N. The van der Waals surface area contributed by atoms with E-state index in [0.29, 0.717) is 6.07 Å². The van der Waals surface area contributed by atoms with Gasteiger partial charge in [-0.25, -0.2) is 0 Å². The van der Waals surface area contributed by atoms with Crippen molar-refractivity contribution in [2.24, 2.45) is 0 Å². The summed E-state index contributed by atoms with van der Waals surface area (Å²) in [7, 11) is 0. The smallest absolute Gasteiger partial charge is 0.191 e. The molecule has 7 heavy (non-hydrogen) atoms. The molecule has 0 radical (unpaired) electrons. The second-order valence-electron chi connectivity index (χ2n) is 0.831. The van der Waals surface area contributed by atoms with Gasteiger partial charge in [-0.05, 0) is 5.92 Å². The van der Waals surface area contributed by atoms with Crippen LogP contribution < -0.4 is 0 Å². The Balaban J connectivity index is 4.00. The molecule has 36 valence electrons. The lowest BCUT2D eigenvalue weighted by molar-refractivity contribution is 0.132. The van der Waals surface area contributed by atoms with E-state index >= 15 is 0 Å². The number of hydrogen-bond acceptors (Lipinski definition) is 1. The van der Waals surface area contributed by atoms with Crippen LogP contribution in [0.1, 0.15) is 0 Å². The fourth-order valence-electron chi connectivity index (χ4n) is 0.0323. The number of nitrogens with zero attached hydrogens (tertiary/aromatic N) is 1. The first-order valence-corrected chi connectivity index (χ1v) is 1.39. The molecule has 1 nitrogen and oxygen atoms in total. The summed E-state index contributed by atoms with van der Waals surface area (Å²) >= 11 is 0. The van der Waals surface area contributed by atoms with E-state index in [4.69, 9.17) is 5.26 Å². The zero-order valence-electron chi connectivity index (χ0n) is 3.28. The van der Waals surface area contributed by atoms with E-state index in [2.05, 4.69) is 6.42 Å². The highest BCUT2D eigenvalue weighted by atomic mass is 19.3. The molecule has 0 saturated heterocycles. The highest BCUT2D eigenvalue weighted by molar-refractivity contribution is 5.13. The summed E-state index contributed by atoms with van der Waals surface area (Å²) in [4.78, 5) is 0. The molecule has 0 saturated carbocycles. The van der Waals surface area contributed by atoms with Crippen LogP contribution in [0.3, 0.4) is 0 Å². The van der Waals surface area contributed by atoms with Gasteiger partial charge in [0.25, 0.3) is 0 Å². The van der Waals surface area contributed by atoms with Crippen molar-refractivity contribution in [3.05, 3.63) is 0 Å². The van der Waals surface area contributed by atoms with E-state index in [1.807, 2.05) is 0 Å². The van der Waals surface area contributed by atoms with Crippen molar-refractivity contribution in [2.45, 2.75) is 5.92 Å². The van der Waals surface area contributed by atoms with Gasteiger partial charge in [-0.2, -0.15) is 14.0 Å². The first kappa shape index (κ1) is 5.91. The highest BCUT2D eigenvalue weighted by Crippen LogP contribution is 2.07. The van der Waals surface area contributed by atoms with Crippen LogP contribution in [0.15, 0.2) is 0 Å². The van der Waals surface area contributed by atoms with E-state index in [0.717, 1.165) is 5.92 Å². The van der Waals surface area contributed by atoms with E-state index in [-0.39, 0.29) is 0 Å². The zero-order valence-corrected chi connectivity index (χ0v) is 3.28. The zero-order chi connectivity index (χ0) is 5.91. The van der Waals surface area contributed by atoms with Crippen LogP contribution in [-0.2, 0) is 0 Å². The maximum Gasteiger partial charge on any atom is 0.394 e. The first-order valence-electron chi connectivity index (χ1n) is 1.39. The van der Waals surface area contributed by atoms with Gasteiger partial charge in [0.15, 0.2) is 6.07 Å². The number of nitriles is 1. The molecule has 0 atom stereocenters. The molecule has 0 aliphatic rings. The number of rotatable bonds is 0. The average Bonchev–Trinajstić information content (AvgIpc) is 1.68. The van der Waals surface area contributed by atoms with Crippen LogP contribution in [0.4, 0.5) is 8.78 Å². The number of alkyl halides is 2. The first-order chi connectivity index (χ1) is 3.12. The average molecular weight is 101 g/mol. The van der Waals surface area contributed by atoms with Crippen LogP contribution in [0, 0.1) is 23.7 Å². The summed E-state index contributed by atoms with van der Waals surface area (Å²) in [5.74, 6) is -2.59. The number of terminal acetylenes is 1. The van der Waals surface area contributed by atoms with Crippen LogP contribution >= 0.6 is 0 Å². The van der Waals surface area contributed by atoms with Gasteiger partial charge in [0, 0.05) is 0 Å². The summed E-state index contributed by atoms with van der Waals surface area (Å²) in [6.45, 7) is 0. The Kier molecular flexibility index (Phi) is 1.33. The third kappa shape index (κ3) is 1.72. The van der Waals surface area contributed by atoms with Gasteiger partial charge in [-0.15, -0.1) is 6.42 Å². The van der Waals surface area contributed by atoms with Gasteiger partial charge < -0.3 is 0 Å². The third-order valence-electron chi connectivity index (χ3n) is 0.322. The Morgan fingerprint density at radius 3 is 2.00 bits per heavy atom. The van der Waals surface area contributed by atoms with E-state index in [9.17, 15) is 8.78 Å². The second kappa shape index (κ2) is 1.57. The maximum absolute atomic E-state index is 11.3. The Labute approximate surface area is 39.6 Å². The van der Waals surface area contributed by atoms with Crippen LogP contribution in [-0.4, -0.2) is 5.92 Å². The molecule has 0 aliphatic carbocycles. The Morgan fingerprint density at radius 2 is 2.00 bits per heavy atom. The summed E-state index contributed by atoms with van der Waals surface area (Å²) in [6.07, 6.45) is 4.19. The maximum atomic E-state index is 11.3. The predicted octanol–water partition coefficient (Wildman–Crippen LogP) is 0.778. The standard InChI is InChI=1S/C4HF2N/c1-2-4(5,6)3-7/h1H. The van der Waals surface area contributed by atoms with Crippen molar-refractivity contribution in [1.29, 1.82) is 5.26 Å². The normalized spacial score (nSPS) is 9.14. The molecule has 0 heterocycles. The summed E-state index contributed by atoms with van der Waals surface area (Å²) in [5.41, 5.74) is 0. The Bertz CT molecular complexity index is 121. The molecule has 0 unspecified atom stereocenters. The van der Waals surface area contributed by atoms with E-state index in [1.54, 1.807) is 0 Å². The molecule has 0 spiro atoms. The molecule has 0 rings (SSSR count). The van der Waals surface area contributed by atoms with Crippen molar-refractivity contribution in [2.75, 3.05) is 0 Å². The molecule has 0 fully saturated rings. The van der Waals surface area contributed by atoms with Gasteiger partial charge in [0.2, 0.25) is 0 Å². The van der Waals surface area contributed by atoms with Gasteiger partial charge in [-0.3, -0.25) is 0 Å². The van der Waals surface area contributed by atoms with Crippen LogP contribution in [0.5, 0.6) is 0 Å². The van der Waals surface area contributed by atoms with Crippen molar-refractivity contribution >= 4 is 0 Å². The highest BCUT2D eigenvalue weighted by Gasteiger charge is 2.22. The Hall–Kier alpha value is -1.09. The van der Waals surface area contributed by atoms with Gasteiger partial charge >= 0.3 is 5.92 Å². The molecule has 0 N–H and O–H groups in total. The minimum atomic E-state index is -3.58. The van der Waals surface area contributed by atoms with Crippen molar-refractivity contribution in [1.82, 2.24) is 0 Å².